The third-order valence-electron chi connectivity index (χ3n) is 3.51. The molecule has 0 bridgehead atoms. The van der Waals surface area contributed by atoms with Gasteiger partial charge in [-0.1, -0.05) is 23.4 Å². The SMILES string of the molecule is Cc1cc(CN(C)CCn2ccc3ccccc32)on1. The fourth-order valence-corrected chi connectivity index (χ4v) is 2.45. The molecule has 0 amide bonds. The lowest BCUT2D eigenvalue weighted by Crippen LogP contribution is -2.22. The highest BCUT2D eigenvalue weighted by molar-refractivity contribution is 5.79. The first-order chi connectivity index (χ1) is 9.72. The van der Waals surface area contributed by atoms with E-state index in [4.69, 9.17) is 4.52 Å². The monoisotopic (exact) mass is 269 g/mol. The van der Waals surface area contributed by atoms with Gasteiger partial charge in [-0.2, -0.15) is 0 Å². The van der Waals surface area contributed by atoms with E-state index in [2.05, 4.69) is 58.2 Å². The lowest BCUT2D eigenvalue weighted by molar-refractivity contribution is 0.265. The van der Waals surface area contributed by atoms with Gasteiger partial charge in [-0.05, 0) is 31.5 Å². The Labute approximate surface area is 118 Å². The largest absolute Gasteiger partial charge is 0.360 e. The maximum Gasteiger partial charge on any atom is 0.150 e. The minimum Gasteiger partial charge on any atom is -0.360 e. The van der Waals surface area contributed by atoms with Gasteiger partial charge in [0.15, 0.2) is 5.76 Å². The first-order valence-corrected chi connectivity index (χ1v) is 6.87. The number of aryl methyl sites for hydroxylation is 1. The summed E-state index contributed by atoms with van der Waals surface area (Å²) in [5, 5.41) is 5.21. The van der Waals surface area contributed by atoms with Gasteiger partial charge in [0.2, 0.25) is 0 Å². The molecule has 3 rings (SSSR count). The van der Waals surface area contributed by atoms with Gasteiger partial charge in [0.05, 0.1) is 12.2 Å². The van der Waals surface area contributed by atoms with Crippen molar-refractivity contribution in [3.63, 3.8) is 0 Å². The zero-order chi connectivity index (χ0) is 13.9. The van der Waals surface area contributed by atoms with Crippen molar-refractivity contribution >= 4 is 10.9 Å². The number of hydrogen-bond acceptors (Lipinski definition) is 3. The Morgan fingerprint density at radius 2 is 2.10 bits per heavy atom. The van der Waals surface area contributed by atoms with Crippen molar-refractivity contribution in [2.24, 2.45) is 0 Å². The Morgan fingerprint density at radius 1 is 1.25 bits per heavy atom. The van der Waals surface area contributed by atoms with E-state index in [0.717, 1.165) is 31.1 Å². The molecule has 1 aromatic carbocycles. The summed E-state index contributed by atoms with van der Waals surface area (Å²) in [6.07, 6.45) is 2.15. The summed E-state index contributed by atoms with van der Waals surface area (Å²) >= 11 is 0. The number of para-hydroxylation sites is 1. The normalized spacial score (nSPS) is 11.6. The standard InChI is InChI=1S/C16H19N3O/c1-13-11-15(20-17-13)12-18(2)9-10-19-8-7-14-5-3-4-6-16(14)19/h3-8,11H,9-10,12H2,1-2H3. The van der Waals surface area contributed by atoms with Crippen molar-refractivity contribution in [1.82, 2.24) is 14.6 Å². The molecular formula is C16H19N3O. The molecule has 0 N–H and O–H groups in total. The lowest BCUT2D eigenvalue weighted by atomic mass is 10.2. The van der Waals surface area contributed by atoms with Crippen LogP contribution in [0.15, 0.2) is 47.1 Å². The van der Waals surface area contributed by atoms with Crippen LogP contribution in [0.2, 0.25) is 0 Å². The van der Waals surface area contributed by atoms with Crippen molar-refractivity contribution < 1.29 is 4.52 Å². The predicted molar refractivity (Wildman–Crippen MR) is 79.5 cm³/mol. The lowest BCUT2D eigenvalue weighted by Gasteiger charge is -2.15. The van der Waals surface area contributed by atoms with Gasteiger partial charge in [0.1, 0.15) is 0 Å². The third kappa shape index (κ3) is 2.75. The van der Waals surface area contributed by atoms with Crippen molar-refractivity contribution in [3.05, 3.63) is 54.0 Å². The molecule has 0 unspecified atom stereocenters. The molecule has 2 heterocycles. The Kier molecular flexibility index (Phi) is 3.56. The fraction of sp³-hybridized carbons (Fsp3) is 0.312. The molecule has 4 nitrogen and oxygen atoms in total. The molecule has 104 valence electrons. The molecule has 0 aliphatic heterocycles. The number of likely N-dealkylation sites (N-methyl/N-ethyl adjacent to an activating group) is 1. The molecule has 20 heavy (non-hydrogen) atoms. The molecule has 3 aromatic rings. The Hall–Kier alpha value is -2.07. The fourth-order valence-electron chi connectivity index (χ4n) is 2.45. The van der Waals surface area contributed by atoms with Gasteiger partial charge < -0.3 is 9.09 Å². The van der Waals surface area contributed by atoms with Crippen LogP contribution in [0.5, 0.6) is 0 Å². The van der Waals surface area contributed by atoms with Crippen LogP contribution < -0.4 is 0 Å². The van der Waals surface area contributed by atoms with Crippen LogP contribution in [-0.2, 0) is 13.1 Å². The van der Waals surface area contributed by atoms with Gasteiger partial charge in [-0.15, -0.1) is 0 Å². The van der Waals surface area contributed by atoms with E-state index in [1.165, 1.54) is 10.9 Å². The zero-order valence-electron chi connectivity index (χ0n) is 11.9. The first-order valence-electron chi connectivity index (χ1n) is 6.87. The third-order valence-corrected chi connectivity index (χ3v) is 3.51. The number of fused-ring (bicyclic) bond motifs is 1. The summed E-state index contributed by atoms with van der Waals surface area (Å²) in [5.74, 6) is 0.919. The Morgan fingerprint density at radius 3 is 2.90 bits per heavy atom. The molecule has 4 heteroatoms. The first kappa shape index (κ1) is 12.9. The summed E-state index contributed by atoms with van der Waals surface area (Å²) in [7, 11) is 2.10. The minimum absolute atomic E-state index is 0.792. The maximum atomic E-state index is 5.24. The smallest absolute Gasteiger partial charge is 0.150 e. The minimum atomic E-state index is 0.792. The van der Waals surface area contributed by atoms with Gasteiger partial charge in [-0.3, -0.25) is 4.90 Å². The van der Waals surface area contributed by atoms with Crippen LogP contribution >= 0.6 is 0 Å². The highest BCUT2D eigenvalue weighted by Crippen LogP contribution is 2.15. The van der Waals surface area contributed by atoms with Crippen LogP contribution in [0.3, 0.4) is 0 Å². The van der Waals surface area contributed by atoms with Crippen LogP contribution in [-0.4, -0.2) is 28.2 Å². The van der Waals surface area contributed by atoms with E-state index in [-0.39, 0.29) is 0 Å². The number of rotatable bonds is 5. The zero-order valence-corrected chi connectivity index (χ0v) is 11.9. The van der Waals surface area contributed by atoms with Crippen LogP contribution in [0, 0.1) is 6.92 Å². The maximum absolute atomic E-state index is 5.24. The molecule has 2 aromatic heterocycles. The van der Waals surface area contributed by atoms with Crippen molar-refractivity contribution in [1.29, 1.82) is 0 Å². The highest BCUT2D eigenvalue weighted by atomic mass is 16.5. The molecule has 0 fully saturated rings. The average Bonchev–Trinajstić information content (AvgIpc) is 3.03. The summed E-state index contributed by atoms with van der Waals surface area (Å²) in [5.41, 5.74) is 2.22. The van der Waals surface area contributed by atoms with Gasteiger partial charge in [-0.25, -0.2) is 0 Å². The number of benzene rings is 1. The molecule has 0 aliphatic rings. The summed E-state index contributed by atoms with van der Waals surface area (Å²) < 4.78 is 7.53. The topological polar surface area (TPSA) is 34.2 Å². The molecule has 0 atom stereocenters. The quantitative estimate of drug-likeness (QED) is 0.714. The molecule has 0 saturated carbocycles. The molecule has 0 aliphatic carbocycles. The van der Waals surface area contributed by atoms with Gasteiger partial charge in [0.25, 0.3) is 0 Å². The average molecular weight is 269 g/mol. The second-order valence-electron chi connectivity index (χ2n) is 5.24. The van der Waals surface area contributed by atoms with Crippen molar-refractivity contribution in [3.8, 4) is 0 Å². The van der Waals surface area contributed by atoms with Crippen LogP contribution in [0.4, 0.5) is 0 Å². The molecular weight excluding hydrogens is 250 g/mol. The second kappa shape index (κ2) is 5.51. The second-order valence-corrected chi connectivity index (χ2v) is 5.24. The van der Waals surface area contributed by atoms with Crippen molar-refractivity contribution in [2.75, 3.05) is 13.6 Å². The van der Waals surface area contributed by atoms with E-state index in [9.17, 15) is 0 Å². The number of aromatic nitrogens is 2. The molecule has 0 radical (unpaired) electrons. The van der Waals surface area contributed by atoms with Crippen LogP contribution in [0.25, 0.3) is 10.9 Å². The summed E-state index contributed by atoms with van der Waals surface area (Å²) in [6, 6.07) is 12.6. The summed E-state index contributed by atoms with van der Waals surface area (Å²) in [4.78, 5) is 2.24. The summed E-state index contributed by atoms with van der Waals surface area (Å²) in [6.45, 7) is 4.68. The van der Waals surface area contributed by atoms with E-state index in [1.54, 1.807) is 0 Å². The van der Waals surface area contributed by atoms with E-state index >= 15 is 0 Å². The van der Waals surface area contributed by atoms with Gasteiger partial charge >= 0.3 is 0 Å². The molecule has 0 spiro atoms. The van der Waals surface area contributed by atoms with Crippen molar-refractivity contribution in [2.45, 2.75) is 20.0 Å². The van der Waals surface area contributed by atoms with E-state index < -0.39 is 0 Å². The van der Waals surface area contributed by atoms with E-state index in [0.29, 0.717) is 0 Å². The predicted octanol–water partition coefficient (Wildman–Crippen LogP) is 3.07. The molecule has 0 saturated heterocycles. The highest BCUT2D eigenvalue weighted by Gasteiger charge is 2.06. The van der Waals surface area contributed by atoms with Gasteiger partial charge in [0, 0.05) is 30.9 Å². The number of hydrogen-bond donors (Lipinski definition) is 0. The Bertz CT molecular complexity index is 698. The number of nitrogens with zero attached hydrogens (tertiary/aromatic N) is 3. The van der Waals surface area contributed by atoms with Crippen LogP contribution in [0.1, 0.15) is 11.5 Å². The Balaban J connectivity index is 1.61. The van der Waals surface area contributed by atoms with E-state index in [1.807, 2.05) is 13.0 Å².